The summed E-state index contributed by atoms with van der Waals surface area (Å²) in [5.74, 6) is 2.46. The summed E-state index contributed by atoms with van der Waals surface area (Å²) in [6.45, 7) is 8.05. The Kier molecular flexibility index (Phi) is 9.10. The zero-order valence-electron chi connectivity index (χ0n) is 6.73. The average molecular weight is 159 g/mol. The van der Waals surface area contributed by atoms with Crippen LogP contribution in [0.25, 0.3) is 0 Å². The summed E-state index contributed by atoms with van der Waals surface area (Å²) in [7, 11) is 0. The smallest absolute Gasteiger partial charge is 0.00580 e. The monoisotopic (exact) mass is 159 g/mol. The topological polar surface area (TPSA) is 12.0 Å². The van der Waals surface area contributed by atoms with Gasteiger partial charge in [0.1, 0.15) is 0 Å². The van der Waals surface area contributed by atoms with Gasteiger partial charge in [-0.15, -0.1) is 6.58 Å². The number of thioether (sulfide) groups is 1. The molecule has 0 spiro atoms. The number of hydrogen-bond donors (Lipinski definition) is 1. The minimum atomic E-state index is 1.08. The molecule has 60 valence electrons. The number of nitrogens with one attached hydrogen (secondary N) is 1. The molecule has 0 aromatic rings. The molecule has 0 amide bonds. The van der Waals surface area contributed by atoms with E-state index in [4.69, 9.17) is 0 Å². The molecule has 1 N–H and O–H groups in total. The Bertz CT molecular complexity index is 73.7. The van der Waals surface area contributed by atoms with Crippen molar-refractivity contribution in [3.8, 4) is 0 Å². The molecule has 0 aliphatic carbocycles. The van der Waals surface area contributed by atoms with E-state index in [1.165, 1.54) is 11.5 Å². The Morgan fingerprint density at radius 1 is 1.50 bits per heavy atom. The van der Waals surface area contributed by atoms with Crippen LogP contribution >= 0.6 is 11.8 Å². The molecule has 0 aliphatic rings. The van der Waals surface area contributed by atoms with E-state index in [0.717, 1.165) is 19.5 Å². The molecule has 0 unspecified atom stereocenters. The molecule has 0 aromatic heterocycles. The van der Waals surface area contributed by atoms with Gasteiger partial charge in [-0.25, -0.2) is 0 Å². The van der Waals surface area contributed by atoms with Crippen LogP contribution in [-0.4, -0.2) is 24.6 Å². The minimum absolute atomic E-state index is 1.08. The van der Waals surface area contributed by atoms with Gasteiger partial charge in [0.05, 0.1) is 0 Å². The normalized spacial score (nSPS) is 9.70. The molecular weight excluding hydrogens is 142 g/mol. The van der Waals surface area contributed by atoms with Gasteiger partial charge in [0.15, 0.2) is 0 Å². The highest BCUT2D eigenvalue weighted by atomic mass is 32.2. The summed E-state index contributed by atoms with van der Waals surface area (Å²) >= 11 is 1.98. The fourth-order valence-corrected chi connectivity index (χ4v) is 1.20. The summed E-state index contributed by atoms with van der Waals surface area (Å²) in [5.41, 5.74) is 0. The average Bonchev–Trinajstić information content (AvgIpc) is 1.97. The lowest BCUT2D eigenvalue weighted by atomic mass is 10.4. The quantitative estimate of drug-likeness (QED) is 0.450. The van der Waals surface area contributed by atoms with E-state index >= 15 is 0 Å². The van der Waals surface area contributed by atoms with E-state index < -0.39 is 0 Å². The van der Waals surface area contributed by atoms with Crippen LogP contribution in [0.1, 0.15) is 13.3 Å². The summed E-state index contributed by atoms with van der Waals surface area (Å²) in [5, 5.41) is 3.33. The zero-order chi connectivity index (χ0) is 7.66. The van der Waals surface area contributed by atoms with Crippen LogP contribution in [0.2, 0.25) is 0 Å². The summed E-state index contributed by atoms with van der Waals surface area (Å²) in [6.07, 6.45) is 3.02. The molecule has 0 atom stereocenters. The van der Waals surface area contributed by atoms with Crippen molar-refractivity contribution < 1.29 is 0 Å². The molecule has 0 aliphatic heterocycles. The van der Waals surface area contributed by atoms with E-state index in [-0.39, 0.29) is 0 Å². The third-order valence-electron chi connectivity index (χ3n) is 1.15. The zero-order valence-corrected chi connectivity index (χ0v) is 7.54. The Morgan fingerprint density at radius 2 is 2.30 bits per heavy atom. The largest absolute Gasteiger partial charge is 0.316 e. The lowest BCUT2D eigenvalue weighted by Gasteiger charge is -2.00. The van der Waals surface area contributed by atoms with Crippen LogP contribution in [0.15, 0.2) is 12.7 Å². The number of rotatable bonds is 7. The van der Waals surface area contributed by atoms with Crippen molar-refractivity contribution in [1.29, 1.82) is 0 Å². The predicted molar refractivity (Wildman–Crippen MR) is 50.7 cm³/mol. The Labute approximate surface area is 68.3 Å². The molecular formula is C8H17NS. The highest BCUT2D eigenvalue weighted by Gasteiger charge is 1.84. The molecule has 1 nitrogen and oxygen atoms in total. The SMILES string of the molecule is C=CCCNCCSCC. The Morgan fingerprint density at radius 3 is 2.90 bits per heavy atom. The fraction of sp³-hybridized carbons (Fsp3) is 0.750. The molecule has 2 heteroatoms. The first-order valence-electron chi connectivity index (χ1n) is 3.81. The molecule has 0 radical (unpaired) electrons. The third kappa shape index (κ3) is 8.05. The van der Waals surface area contributed by atoms with Crippen LogP contribution < -0.4 is 5.32 Å². The lowest BCUT2D eigenvalue weighted by molar-refractivity contribution is 0.732. The van der Waals surface area contributed by atoms with Gasteiger partial charge in [-0.05, 0) is 18.7 Å². The molecule has 0 rings (SSSR count). The second kappa shape index (κ2) is 9.05. The van der Waals surface area contributed by atoms with Crippen molar-refractivity contribution in [3.63, 3.8) is 0 Å². The minimum Gasteiger partial charge on any atom is -0.316 e. The van der Waals surface area contributed by atoms with E-state index in [0.29, 0.717) is 0 Å². The van der Waals surface area contributed by atoms with Crippen LogP contribution in [0.4, 0.5) is 0 Å². The maximum Gasteiger partial charge on any atom is 0.00580 e. The van der Waals surface area contributed by atoms with Gasteiger partial charge in [-0.1, -0.05) is 13.0 Å². The molecule has 0 saturated heterocycles. The highest BCUT2D eigenvalue weighted by Crippen LogP contribution is 1.94. The van der Waals surface area contributed by atoms with Gasteiger partial charge >= 0.3 is 0 Å². The second-order valence-electron chi connectivity index (χ2n) is 2.02. The van der Waals surface area contributed by atoms with E-state index in [2.05, 4.69) is 18.8 Å². The lowest BCUT2D eigenvalue weighted by Crippen LogP contribution is -2.17. The van der Waals surface area contributed by atoms with Crippen molar-refractivity contribution in [1.82, 2.24) is 5.32 Å². The molecule has 0 fully saturated rings. The van der Waals surface area contributed by atoms with Crippen molar-refractivity contribution in [2.24, 2.45) is 0 Å². The van der Waals surface area contributed by atoms with Crippen molar-refractivity contribution in [2.75, 3.05) is 24.6 Å². The van der Waals surface area contributed by atoms with Crippen LogP contribution in [-0.2, 0) is 0 Å². The predicted octanol–water partition coefficient (Wildman–Crippen LogP) is 1.91. The fourth-order valence-electron chi connectivity index (χ4n) is 0.618. The van der Waals surface area contributed by atoms with Crippen LogP contribution in [0.5, 0.6) is 0 Å². The molecule has 0 aromatic carbocycles. The van der Waals surface area contributed by atoms with Crippen molar-refractivity contribution in [2.45, 2.75) is 13.3 Å². The Balaban J connectivity index is 2.70. The van der Waals surface area contributed by atoms with Gasteiger partial charge in [0.2, 0.25) is 0 Å². The van der Waals surface area contributed by atoms with Gasteiger partial charge in [0.25, 0.3) is 0 Å². The van der Waals surface area contributed by atoms with Gasteiger partial charge in [0, 0.05) is 12.3 Å². The van der Waals surface area contributed by atoms with Crippen molar-refractivity contribution >= 4 is 11.8 Å². The van der Waals surface area contributed by atoms with E-state index in [1.54, 1.807) is 0 Å². The summed E-state index contributed by atoms with van der Waals surface area (Å²) in [4.78, 5) is 0. The molecule has 0 bridgehead atoms. The third-order valence-corrected chi connectivity index (χ3v) is 2.05. The van der Waals surface area contributed by atoms with Gasteiger partial charge in [-0.2, -0.15) is 11.8 Å². The first-order valence-corrected chi connectivity index (χ1v) is 4.96. The maximum atomic E-state index is 3.65. The standard InChI is InChI=1S/C8H17NS/c1-3-5-6-9-7-8-10-4-2/h3,9H,1,4-8H2,2H3. The van der Waals surface area contributed by atoms with Crippen molar-refractivity contribution in [3.05, 3.63) is 12.7 Å². The van der Waals surface area contributed by atoms with E-state index in [1.807, 2.05) is 17.8 Å². The highest BCUT2D eigenvalue weighted by molar-refractivity contribution is 7.99. The van der Waals surface area contributed by atoms with Crippen LogP contribution in [0, 0.1) is 0 Å². The molecule has 10 heavy (non-hydrogen) atoms. The first-order chi connectivity index (χ1) is 4.91. The second-order valence-corrected chi connectivity index (χ2v) is 3.42. The first kappa shape index (κ1) is 10.0. The molecule has 0 heterocycles. The van der Waals surface area contributed by atoms with E-state index in [9.17, 15) is 0 Å². The van der Waals surface area contributed by atoms with Crippen LogP contribution in [0.3, 0.4) is 0 Å². The van der Waals surface area contributed by atoms with Gasteiger partial charge in [-0.3, -0.25) is 0 Å². The molecule has 0 saturated carbocycles. The summed E-state index contributed by atoms with van der Waals surface area (Å²) < 4.78 is 0. The summed E-state index contributed by atoms with van der Waals surface area (Å²) in [6, 6.07) is 0. The Hall–Kier alpha value is 0.0500. The number of hydrogen-bond acceptors (Lipinski definition) is 2. The van der Waals surface area contributed by atoms with Gasteiger partial charge < -0.3 is 5.32 Å². The maximum absolute atomic E-state index is 3.65.